The second-order valence-electron chi connectivity index (χ2n) is 4.33. The van der Waals surface area contributed by atoms with Gasteiger partial charge in [0.2, 0.25) is 0 Å². The molecule has 0 aliphatic carbocycles. The van der Waals surface area contributed by atoms with Crippen LogP contribution in [0.25, 0.3) is 0 Å². The number of hydrogen-bond donors (Lipinski definition) is 0. The lowest BCUT2D eigenvalue weighted by Crippen LogP contribution is -2.21. The SMILES string of the molecule is CCOC(=O)C(C)CS(=O)Cc1ccccc1C. The Morgan fingerprint density at radius 3 is 2.67 bits per heavy atom. The van der Waals surface area contributed by atoms with E-state index in [0.29, 0.717) is 18.1 Å². The average Bonchev–Trinajstić information content (AvgIpc) is 2.32. The Labute approximate surface area is 111 Å². The van der Waals surface area contributed by atoms with Crippen LogP contribution < -0.4 is 0 Å². The number of carbonyl (C=O) groups is 1. The standard InChI is InChI=1S/C14H20O3S/c1-4-17-14(15)12(3)9-18(16)10-13-8-6-5-7-11(13)2/h5-8,12H,4,9-10H2,1-3H3. The molecule has 0 saturated carbocycles. The fourth-order valence-electron chi connectivity index (χ4n) is 1.64. The van der Waals surface area contributed by atoms with Crippen molar-refractivity contribution >= 4 is 16.8 Å². The Balaban J connectivity index is 2.52. The molecule has 0 aliphatic rings. The highest BCUT2D eigenvalue weighted by molar-refractivity contribution is 7.84. The van der Waals surface area contributed by atoms with Crippen molar-refractivity contribution in [3.63, 3.8) is 0 Å². The number of esters is 1. The van der Waals surface area contributed by atoms with E-state index in [1.54, 1.807) is 13.8 Å². The molecule has 0 radical (unpaired) electrons. The van der Waals surface area contributed by atoms with E-state index in [1.165, 1.54) is 0 Å². The molecular weight excluding hydrogens is 248 g/mol. The first-order valence-corrected chi connectivity index (χ1v) is 7.59. The Bertz CT molecular complexity index is 429. The van der Waals surface area contributed by atoms with E-state index in [2.05, 4.69) is 0 Å². The van der Waals surface area contributed by atoms with Gasteiger partial charge in [-0.15, -0.1) is 0 Å². The van der Waals surface area contributed by atoms with Gasteiger partial charge in [-0.3, -0.25) is 9.00 Å². The number of benzene rings is 1. The maximum Gasteiger partial charge on any atom is 0.309 e. The summed E-state index contributed by atoms with van der Waals surface area (Å²) in [7, 11) is -1.04. The van der Waals surface area contributed by atoms with E-state index in [-0.39, 0.29) is 11.9 Å². The van der Waals surface area contributed by atoms with Gasteiger partial charge in [-0.1, -0.05) is 31.2 Å². The minimum absolute atomic E-state index is 0.268. The summed E-state index contributed by atoms with van der Waals surface area (Å²) in [5, 5.41) is 0. The number of hydrogen-bond acceptors (Lipinski definition) is 3. The van der Waals surface area contributed by atoms with Gasteiger partial charge < -0.3 is 4.74 Å². The quantitative estimate of drug-likeness (QED) is 0.744. The Hall–Kier alpha value is -1.16. The van der Waals surface area contributed by atoms with Crippen molar-refractivity contribution in [2.24, 2.45) is 5.92 Å². The molecule has 1 aromatic carbocycles. The van der Waals surface area contributed by atoms with Crippen molar-refractivity contribution < 1.29 is 13.7 Å². The zero-order valence-electron chi connectivity index (χ0n) is 11.1. The molecule has 0 heterocycles. The lowest BCUT2D eigenvalue weighted by atomic mass is 10.1. The first-order valence-electron chi connectivity index (χ1n) is 6.10. The van der Waals surface area contributed by atoms with Crippen LogP contribution in [-0.2, 0) is 26.1 Å². The second kappa shape index (κ2) is 7.31. The van der Waals surface area contributed by atoms with Crippen LogP contribution in [0.4, 0.5) is 0 Å². The van der Waals surface area contributed by atoms with Crippen LogP contribution in [0.1, 0.15) is 25.0 Å². The molecule has 0 aliphatic heterocycles. The lowest BCUT2D eigenvalue weighted by Gasteiger charge is -2.11. The first kappa shape index (κ1) is 14.9. The molecule has 2 atom stereocenters. The normalized spacial score (nSPS) is 13.9. The summed E-state index contributed by atoms with van der Waals surface area (Å²) >= 11 is 0. The summed E-state index contributed by atoms with van der Waals surface area (Å²) in [5.41, 5.74) is 2.21. The first-order chi connectivity index (χ1) is 8.54. The van der Waals surface area contributed by atoms with E-state index < -0.39 is 10.8 Å². The summed E-state index contributed by atoms with van der Waals surface area (Å²) < 4.78 is 16.9. The van der Waals surface area contributed by atoms with Gasteiger partial charge in [-0.05, 0) is 25.0 Å². The third-order valence-electron chi connectivity index (χ3n) is 2.70. The van der Waals surface area contributed by atoms with E-state index in [1.807, 2.05) is 31.2 Å². The molecule has 0 aromatic heterocycles. The van der Waals surface area contributed by atoms with Crippen molar-refractivity contribution in [3.05, 3.63) is 35.4 Å². The highest BCUT2D eigenvalue weighted by Gasteiger charge is 2.17. The van der Waals surface area contributed by atoms with Gasteiger partial charge >= 0.3 is 5.97 Å². The van der Waals surface area contributed by atoms with Crippen LogP contribution in [0.3, 0.4) is 0 Å². The van der Waals surface area contributed by atoms with Crippen LogP contribution in [0.2, 0.25) is 0 Å². The third-order valence-corrected chi connectivity index (χ3v) is 4.21. The van der Waals surface area contributed by atoms with E-state index >= 15 is 0 Å². The third kappa shape index (κ3) is 4.61. The maximum absolute atomic E-state index is 12.0. The molecule has 1 aromatic rings. The molecule has 0 spiro atoms. The average molecular weight is 268 g/mol. The van der Waals surface area contributed by atoms with Crippen LogP contribution >= 0.6 is 0 Å². The highest BCUT2D eigenvalue weighted by Crippen LogP contribution is 2.12. The molecule has 0 fully saturated rings. The van der Waals surface area contributed by atoms with E-state index in [4.69, 9.17) is 4.74 Å². The summed E-state index contributed by atoms with van der Waals surface area (Å²) in [4.78, 5) is 11.4. The number of carbonyl (C=O) groups excluding carboxylic acids is 1. The van der Waals surface area contributed by atoms with Crippen LogP contribution in [-0.4, -0.2) is 22.5 Å². The zero-order valence-corrected chi connectivity index (χ0v) is 12.0. The minimum Gasteiger partial charge on any atom is -0.466 e. The van der Waals surface area contributed by atoms with Crippen LogP contribution in [0, 0.1) is 12.8 Å². The molecule has 1 rings (SSSR count). The summed E-state index contributed by atoms with van der Waals surface area (Å²) in [6.45, 7) is 5.90. The van der Waals surface area contributed by atoms with Gasteiger partial charge in [0.15, 0.2) is 0 Å². The summed E-state index contributed by atoms with van der Waals surface area (Å²) in [6, 6.07) is 7.88. The molecule has 0 saturated heterocycles. The minimum atomic E-state index is -1.04. The molecular formula is C14H20O3S. The maximum atomic E-state index is 12.0. The van der Waals surface area contributed by atoms with Gasteiger partial charge in [0.05, 0.1) is 12.5 Å². The molecule has 100 valence electrons. The van der Waals surface area contributed by atoms with Crippen molar-refractivity contribution in [1.82, 2.24) is 0 Å². The Kier molecular flexibility index (Phi) is 6.05. The highest BCUT2D eigenvalue weighted by atomic mass is 32.2. The van der Waals surface area contributed by atoms with Gasteiger partial charge in [-0.2, -0.15) is 0 Å². The number of rotatable bonds is 6. The van der Waals surface area contributed by atoms with Crippen LogP contribution in [0.15, 0.2) is 24.3 Å². The van der Waals surface area contributed by atoms with Crippen LogP contribution in [0.5, 0.6) is 0 Å². The fourth-order valence-corrected chi connectivity index (χ4v) is 3.12. The van der Waals surface area contributed by atoms with Crippen molar-refractivity contribution in [3.8, 4) is 0 Å². The summed E-state index contributed by atoms with van der Waals surface area (Å²) in [5.74, 6) is 0.272. The monoisotopic (exact) mass is 268 g/mol. The van der Waals surface area contributed by atoms with Gasteiger partial charge in [0.1, 0.15) is 0 Å². The van der Waals surface area contributed by atoms with E-state index in [9.17, 15) is 9.00 Å². The zero-order chi connectivity index (χ0) is 13.5. The number of aryl methyl sites for hydroxylation is 1. The molecule has 0 N–H and O–H groups in total. The molecule has 3 nitrogen and oxygen atoms in total. The van der Waals surface area contributed by atoms with Crippen molar-refractivity contribution in [1.29, 1.82) is 0 Å². The predicted molar refractivity (Wildman–Crippen MR) is 73.7 cm³/mol. The van der Waals surface area contributed by atoms with E-state index in [0.717, 1.165) is 11.1 Å². The van der Waals surface area contributed by atoms with Gasteiger partial charge in [-0.25, -0.2) is 0 Å². The summed E-state index contributed by atoms with van der Waals surface area (Å²) in [6.07, 6.45) is 0. The smallest absolute Gasteiger partial charge is 0.309 e. The largest absolute Gasteiger partial charge is 0.466 e. The van der Waals surface area contributed by atoms with Gasteiger partial charge in [0, 0.05) is 22.3 Å². The molecule has 0 amide bonds. The van der Waals surface area contributed by atoms with Gasteiger partial charge in [0.25, 0.3) is 0 Å². The number of ether oxygens (including phenoxy) is 1. The Morgan fingerprint density at radius 2 is 2.06 bits per heavy atom. The predicted octanol–water partition coefficient (Wildman–Crippen LogP) is 2.44. The fraction of sp³-hybridized carbons (Fsp3) is 0.500. The lowest BCUT2D eigenvalue weighted by molar-refractivity contribution is -0.146. The molecule has 0 bridgehead atoms. The van der Waals surface area contributed by atoms with Crippen molar-refractivity contribution in [2.45, 2.75) is 26.5 Å². The second-order valence-corrected chi connectivity index (χ2v) is 5.83. The molecule has 4 heteroatoms. The topological polar surface area (TPSA) is 43.4 Å². The molecule has 2 unspecified atom stereocenters. The molecule has 18 heavy (non-hydrogen) atoms. The Morgan fingerprint density at radius 1 is 1.39 bits per heavy atom. The van der Waals surface area contributed by atoms with Crippen molar-refractivity contribution in [2.75, 3.05) is 12.4 Å².